The second-order valence-electron chi connectivity index (χ2n) is 24.0. The zero-order valence-electron chi connectivity index (χ0n) is 54.0. The van der Waals surface area contributed by atoms with Gasteiger partial charge in [0.1, 0.15) is 19.3 Å². The molecule has 2 unspecified atom stereocenters. The maximum atomic E-state index is 13.0. The number of aliphatic hydroxyl groups excluding tert-OH is 1. The Morgan fingerprint density at radius 2 is 0.548 bits per heavy atom. The van der Waals surface area contributed by atoms with E-state index in [-0.39, 0.29) is 25.7 Å². The van der Waals surface area contributed by atoms with Crippen LogP contribution in [0.25, 0.3) is 0 Å². The van der Waals surface area contributed by atoms with E-state index in [1.807, 2.05) is 0 Å². The normalized spacial score (nSPS) is 14.2. The molecule has 0 saturated carbocycles. The van der Waals surface area contributed by atoms with Gasteiger partial charge in [0, 0.05) is 25.7 Å². The summed E-state index contributed by atoms with van der Waals surface area (Å²) in [6.45, 7) is 7.16. The maximum absolute atomic E-state index is 13.0. The van der Waals surface area contributed by atoms with Gasteiger partial charge >= 0.3 is 39.5 Å². The SMILES string of the molecule is CCCCCCCCCCCCCC(=O)OC[C@H](COP(=O)(O)OC[C@@H](O)COP(=O)(O)OC[C@@H](COC(=O)CCCCCCCCC)OC(=O)CCCCCCCCCC)OC(=O)CCCCCCCCCCCCCCCCCC(C)C. The van der Waals surface area contributed by atoms with Crippen LogP contribution < -0.4 is 0 Å². The molecule has 0 bridgehead atoms. The molecule has 0 amide bonds. The molecule has 0 aromatic heterocycles. The van der Waals surface area contributed by atoms with Crippen LogP contribution in [-0.2, 0) is 65.4 Å². The highest BCUT2D eigenvalue weighted by molar-refractivity contribution is 7.47. The fourth-order valence-electron chi connectivity index (χ4n) is 9.76. The van der Waals surface area contributed by atoms with Crippen LogP contribution in [0.4, 0.5) is 0 Å². The van der Waals surface area contributed by atoms with Crippen LogP contribution in [0.5, 0.6) is 0 Å². The molecule has 0 saturated heterocycles. The van der Waals surface area contributed by atoms with E-state index in [0.717, 1.165) is 115 Å². The van der Waals surface area contributed by atoms with E-state index in [4.69, 9.17) is 37.0 Å². The molecule has 0 fully saturated rings. The lowest BCUT2D eigenvalue weighted by Gasteiger charge is -2.21. The van der Waals surface area contributed by atoms with Gasteiger partial charge in [0.2, 0.25) is 0 Å². The monoisotopic (exact) mass is 1240 g/mol. The summed E-state index contributed by atoms with van der Waals surface area (Å²) >= 11 is 0. The number of hydrogen-bond donors (Lipinski definition) is 3. The zero-order valence-corrected chi connectivity index (χ0v) is 55.8. The minimum absolute atomic E-state index is 0.105. The Labute approximate surface area is 511 Å². The summed E-state index contributed by atoms with van der Waals surface area (Å²) < 4.78 is 67.9. The molecule has 0 aliphatic heterocycles. The number of carbonyl (C=O) groups is 4. The van der Waals surface area contributed by atoms with Crippen molar-refractivity contribution < 1.29 is 80.2 Å². The minimum atomic E-state index is -4.94. The molecule has 17 nitrogen and oxygen atoms in total. The standard InChI is InChI=1S/C65H126O17P2/c1-6-9-12-15-18-20-26-30-35-39-44-49-63(68)76-55-61(82-65(70)51-46-41-36-31-28-25-23-21-22-24-27-29-33-37-42-47-58(4)5)57-80-84(73,74)78-53-59(66)52-77-83(71,72)79-56-60(54-75-62(67)48-43-38-32-17-14-11-8-3)81-64(69)50-45-40-34-19-16-13-10-7-2/h58-61,66H,6-57H2,1-5H3,(H,71,72)(H,73,74)/t59-,60+,61+/m0/s1. The molecule has 3 N–H and O–H groups in total. The van der Waals surface area contributed by atoms with Crippen LogP contribution in [0.15, 0.2) is 0 Å². The highest BCUT2D eigenvalue weighted by Crippen LogP contribution is 2.45. The number of hydrogen-bond acceptors (Lipinski definition) is 15. The van der Waals surface area contributed by atoms with Gasteiger partial charge in [-0.2, -0.15) is 0 Å². The van der Waals surface area contributed by atoms with Crippen molar-refractivity contribution in [3.05, 3.63) is 0 Å². The number of unbranched alkanes of at least 4 members (excludes halogenated alkanes) is 37. The minimum Gasteiger partial charge on any atom is -0.462 e. The number of esters is 4. The number of aliphatic hydroxyl groups is 1. The summed E-state index contributed by atoms with van der Waals surface area (Å²) in [6.07, 6.45) is 43.2. The number of carbonyl (C=O) groups excluding carboxylic acids is 4. The summed E-state index contributed by atoms with van der Waals surface area (Å²) in [4.78, 5) is 72.0. The average Bonchev–Trinajstić information content (AvgIpc) is 3.57. The summed E-state index contributed by atoms with van der Waals surface area (Å²) in [5.74, 6) is -1.33. The highest BCUT2D eigenvalue weighted by Gasteiger charge is 2.30. The molecule has 0 radical (unpaired) electrons. The van der Waals surface area contributed by atoms with E-state index in [1.165, 1.54) is 135 Å². The fourth-order valence-corrected chi connectivity index (χ4v) is 11.3. The maximum Gasteiger partial charge on any atom is 0.472 e. The molecular weight excluding hydrogens is 1110 g/mol. The smallest absolute Gasteiger partial charge is 0.462 e. The van der Waals surface area contributed by atoms with E-state index < -0.39 is 97.5 Å². The molecule has 0 rings (SSSR count). The van der Waals surface area contributed by atoms with Crippen LogP contribution in [0.1, 0.15) is 330 Å². The van der Waals surface area contributed by atoms with Crippen molar-refractivity contribution >= 4 is 39.5 Å². The van der Waals surface area contributed by atoms with Gasteiger partial charge in [-0.15, -0.1) is 0 Å². The lowest BCUT2D eigenvalue weighted by Crippen LogP contribution is -2.30. The number of rotatable bonds is 65. The Balaban J connectivity index is 5.15. The molecule has 0 aliphatic carbocycles. The van der Waals surface area contributed by atoms with Crippen LogP contribution in [0, 0.1) is 5.92 Å². The van der Waals surface area contributed by atoms with Gasteiger partial charge in [-0.25, -0.2) is 9.13 Å². The summed E-state index contributed by atoms with van der Waals surface area (Å²) in [6, 6.07) is 0. The third-order valence-corrected chi connectivity index (χ3v) is 16.9. The molecule has 19 heteroatoms. The Kier molecular flexibility index (Phi) is 57.4. The van der Waals surface area contributed by atoms with Crippen molar-refractivity contribution in [3.63, 3.8) is 0 Å². The lowest BCUT2D eigenvalue weighted by molar-refractivity contribution is -0.161. The first-order valence-corrected chi connectivity index (χ1v) is 37.1. The third kappa shape index (κ3) is 59.0. The van der Waals surface area contributed by atoms with E-state index in [1.54, 1.807) is 0 Å². The van der Waals surface area contributed by atoms with Crippen molar-refractivity contribution in [2.45, 2.75) is 348 Å². The predicted octanol–water partition coefficient (Wildman–Crippen LogP) is 18.2. The third-order valence-electron chi connectivity index (χ3n) is 15.0. The van der Waals surface area contributed by atoms with E-state index in [2.05, 4.69) is 34.6 Å². The molecule has 84 heavy (non-hydrogen) atoms. The van der Waals surface area contributed by atoms with Gasteiger partial charge in [0.05, 0.1) is 26.4 Å². The van der Waals surface area contributed by atoms with Crippen LogP contribution in [0.3, 0.4) is 0 Å². The van der Waals surface area contributed by atoms with Crippen molar-refractivity contribution in [1.82, 2.24) is 0 Å². The number of phosphoric ester groups is 2. The van der Waals surface area contributed by atoms with Gasteiger partial charge < -0.3 is 33.8 Å². The molecule has 0 heterocycles. The van der Waals surface area contributed by atoms with Crippen molar-refractivity contribution in [2.24, 2.45) is 5.92 Å². The van der Waals surface area contributed by atoms with Crippen molar-refractivity contribution in [3.8, 4) is 0 Å². The van der Waals surface area contributed by atoms with Crippen molar-refractivity contribution in [1.29, 1.82) is 0 Å². The molecule has 0 spiro atoms. The largest absolute Gasteiger partial charge is 0.472 e. The second kappa shape index (κ2) is 58.7. The van der Waals surface area contributed by atoms with E-state index in [0.29, 0.717) is 25.7 Å². The second-order valence-corrected chi connectivity index (χ2v) is 26.9. The van der Waals surface area contributed by atoms with Gasteiger partial charge in [-0.05, 0) is 31.6 Å². The number of phosphoric acid groups is 2. The fraction of sp³-hybridized carbons (Fsp3) is 0.938. The van der Waals surface area contributed by atoms with Gasteiger partial charge in [-0.1, -0.05) is 279 Å². The van der Waals surface area contributed by atoms with Gasteiger partial charge in [-0.3, -0.25) is 37.3 Å². The Morgan fingerprint density at radius 1 is 0.321 bits per heavy atom. The van der Waals surface area contributed by atoms with Gasteiger partial charge in [0.15, 0.2) is 12.2 Å². The predicted molar refractivity (Wildman–Crippen MR) is 335 cm³/mol. The van der Waals surface area contributed by atoms with E-state index in [9.17, 15) is 43.2 Å². The topological polar surface area (TPSA) is 237 Å². The molecule has 0 aromatic rings. The average molecular weight is 1240 g/mol. The van der Waals surface area contributed by atoms with Crippen LogP contribution in [0.2, 0.25) is 0 Å². The number of ether oxygens (including phenoxy) is 4. The van der Waals surface area contributed by atoms with E-state index >= 15 is 0 Å². The quantitative estimate of drug-likeness (QED) is 0.0222. The Hall–Kier alpha value is -1.94. The summed E-state index contributed by atoms with van der Waals surface area (Å²) in [5.41, 5.74) is 0. The lowest BCUT2D eigenvalue weighted by atomic mass is 10.0. The first-order valence-electron chi connectivity index (χ1n) is 34.1. The molecule has 498 valence electrons. The van der Waals surface area contributed by atoms with Crippen molar-refractivity contribution in [2.75, 3.05) is 39.6 Å². The zero-order chi connectivity index (χ0) is 62.0. The first-order chi connectivity index (χ1) is 40.5. The van der Waals surface area contributed by atoms with Crippen LogP contribution in [-0.4, -0.2) is 96.7 Å². The summed E-state index contributed by atoms with van der Waals surface area (Å²) in [7, 11) is -9.88. The Bertz CT molecular complexity index is 1640. The Morgan fingerprint density at radius 3 is 0.810 bits per heavy atom. The summed E-state index contributed by atoms with van der Waals surface area (Å²) in [5, 5.41) is 10.5. The molecule has 5 atom stereocenters. The molecule has 0 aliphatic rings. The highest BCUT2D eigenvalue weighted by atomic mass is 31.2. The van der Waals surface area contributed by atoms with Crippen LogP contribution >= 0.6 is 15.6 Å². The van der Waals surface area contributed by atoms with Gasteiger partial charge in [0.25, 0.3) is 0 Å². The molecule has 0 aromatic carbocycles. The molecular formula is C65H126O17P2. The first kappa shape index (κ1) is 82.1.